The zero-order chi connectivity index (χ0) is 34.1. The lowest BCUT2D eigenvalue weighted by molar-refractivity contribution is -0.137. The molecule has 0 saturated carbocycles. The first-order valence-corrected chi connectivity index (χ1v) is 15.7. The van der Waals surface area contributed by atoms with Crippen LogP contribution in [0.25, 0.3) is 11.1 Å². The van der Waals surface area contributed by atoms with Crippen molar-refractivity contribution in [2.75, 3.05) is 31.7 Å². The smallest absolute Gasteiger partial charge is 0.420 e. The van der Waals surface area contributed by atoms with Gasteiger partial charge in [-0.05, 0) is 71.8 Å². The first-order chi connectivity index (χ1) is 23.1. The van der Waals surface area contributed by atoms with Crippen LogP contribution in [0.1, 0.15) is 23.1 Å². The van der Waals surface area contributed by atoms with Crippen molar-refractivity contribution >= 4 is 17.7 Å². The minimum atomic E-state index is -4.41. The molecule has 0 spiro atoms. The number of nitrogens with one attached hydrogen (secondary N) is 1. The van der Waals surface area contributed by atoms with E-state index in [-0.39, 0.29) is 25.2 Å². The summed E-state index contributed by atoms with van der Waals surface area (Å²) in [6.07, 6.45) is -4.52. The Morgan fingerprint density at radius 2 is 1.54 bits per heavy atom. The summed E-state index contributed by atoms with van der Waals surface area (Å²) >= 11 is 0. The second-order valence-corrected chi connectivity index (χ2v) is 11.6. The van der Waals surface area contributed by atoms with Gasteiger partial charge in [0.05, 0.1) is 30.5 Å². The Balaban J connectivity index is 1.20. The van der Waals surface area contributed by atoms with E-state index in [4.69, 9.17) is 19.9 Å². The second-order valence-electron chi connectivity index (χ2n) is 11.6. The fraction of sp³-hybridized carbons (Fsp3) is 0.297. The van der Waals surface area contributed by atoms with Gasteiger partial charge in [0.25, 0.3) is 5.91 Å². The number of carbonyl (C=O) groups excluding carboxylic acids is 2. The Bertz CT molecular complexity index is 1650. The molecule has 4 aromatic carbocycles. The molecule has 252 valence electrons. The van der Waals surface area contributed by atoms with Crippen molar-refractivity contribution in [3.8, 4) is 16.9 Å². The van der Waals surface area contributed by atoms with Crippen molar-refractivity contribution in [1.29, 1.82) is 0 Å². The van der Waals surface area contributed by atoms with Crippen molar-refractivity contribution in [2.45, 2.75) is 43.7 Å². The van der Waals surface area contributed by atoms with Gasteiger partial charge in [-0.1, -0.05) is 72.8 Å². The summed E-state index contributed by atoms with van der Waals surface area (Å²) in [7, 11) is 1.22. The molecule has 3 N–H and O–H groups in total. The summed E-state index contributed by atoms with van der Waals surface area (Å²) in [4.78, 5) is 27.7. The molecule has 1 heterocycles. The van der Waals surface area contributed by atoms with Crippen molar-refractivity contribution in [3.05, 3.63) is 120 Å². The largest absolute Gasteiger partial charge is 0.491 e. The standard InChI is InChI=1S/C37H38F3N3O5/c1-46-36(45)43(35(44)33(41)21-25-11-13-27(14-12-25)26-7-3-2-4-8-26)34-10-6-5-9-28(34)15-18-31-22-42-23-32(48-31)24-47-30-19-16-29(17-20-30)37(38,39)40/h2-14,16-17,19-20,31-33,42H,15,18,21-24,41H2,1H3/t31-,32+,33+/m1/s1. The van der Waals surface area contributed by atoms with E-state index in [9.17, 15) is 22.8 Å². The third-order valence-corrected chi connectivity index (χ3v) is 8.13. The van der Waals surface area contributed by atoms with Crippen molar-refractivity contribution in [3.63, 3.8) is 0 Å². The number of alkyl halides is 3. The summed E-state index contributed by atoms with van der Waals surface area (Å²) in [6.45, 7) is 1.25. The molecule has 1 aliphatic rings. The predicted molar refractivity (Wildman–Crippen MR) is 177 cm³/mol. The number of methoxy groups -OCH3 is 1. The summed E-state index contributed by atoms with van der Waals surface area (Å²) in [5.41, 5.74) is 9.75. The maximum absolute atomic E-state index is 13.7. The number of rotatable bonds is 11. The van der Waals surface area contributed by atoms with Crippen LogP contribution in [0.3, 0.4) is 0 Å². The van der Waals surface area contributed by atoms with Crippen LogP contribution in [-0.4, -0.2) is 57.1 Å². The second kappa shape index (κ2) is 15.9. The average Bonchev–Trinajstić information content (AvgIpc) is 3.11. The van der Waals surface area contributed by atoms with Crippen LogP contribution in [0.5, 0.6) is 5.75 Å². The van der Waals surface area contributed by atoms with E-state index in [0.717, 1.165) is 39.3 Å². The number of morpholine rings is 1. The van der Waals surface area contributed by atoms with Gasteiger partial charge in [0.1, 0.15) is 18.5 Å². The molecule has 0 unspecified atom stereocenters. The number of anilines is 1. The highest BCUT2D eigenvalue weighted by atomic mass is 19.4. The molecule has 1 saturated heterocycles. The van der Waals surface area contributed by atoms with Gasteiger partial charge in [0.15, 0.2) is 0 Å². The van der Waals surface area contributed by atoms with Crippen molar-refractivity contribution < 1.29 is 37.0 Å². The zero-order valence-corrected chi connectivity index (χ0v) is 26.5. The maximum Gasteiger partial charge on any atom is 0.420 e. The molecular formula is C37H38F3N3O5. The first kappa shape index (κ1) is 34.6. The molecule has 0 radical (unpaired) electrons. The van der Waals surface area contributed by atoms with Crippen LogP contribution >= 0.6 is 0 Å². The number of imide groups is 1. The molecular weight excluding hydrogens is 623 g/mol. The molecule has 2 amide bonds. The van der Waals surface area contributed by atoms with Gasteiger partial charge in [0, 0.05) is 13.1 Å². The summed E-state index contributed by atoms with van der Waals surface area (Å²) in [5, 5.41) is 3.31. The third-order valence-electron chi connectivity index (χ3n) is 8.13. The van der Waals surface area contributed by atoms with Gasteiger partial charge in [-0.3, -0.25) is 4.79 Å². The van der Waals surface area contributed by atoms with E-state index in [1.807, 2.05) is 66.7 Å². The number of hydrogen-bond acceptors (Lipinski definition) is 7. The number of carbonyl (C=O) groups is 2. The summed E-state index contributed by atoms with van der Waals surface area (Å²) in [5.74, 6) is -0.268. The van der Waals surface area contributed by atoms with Crippen LogP contribution < -0.4 is 20.7 Å². The highest BCUT2D eigenvalue weighted by Gasteiger charge is 2.32. The lowest BCUT2D eigenvalue weighted by Crippen LogP contribution is -2.48. The Morgan fingerprint density at radius 3 is 2.23 bits per heavy atom. The van der Waals surface area contributed by atoms with Gasteiger partial charge in [-0.15, -0.1) is 0 Å². The van der Waals surface area contributed by atoms with Crippen LogP contribution in [0.4, 0.5) is 23.7 Å². The molecule has 11 heteroatoms. The minimum Gasteiger partial charge on any atom is -0.491 e. The van der Waals surface area contributed by atoms with Crippen LogP contribution in [0.2, 0.25) is 0 Å². The molecule has 48 heavy (non-hydrogen) atoms. The number of hydrogen-bond donors (Lipinski definition) is 2. The van der Waals surface area contributed by atoms with Crippen LogP contribution in [-0.2, 0) is 33.3 Å². The van der Waals surface area contributed by atoms with E-state index >= 15 is 0 Å². The molecule has 5 rings (SSSR count). The topological polar surface area (TPSA) is 103 Å². The first-order valence-electron chi connectivity index (χ1n) is 15.7. The SMILES string of the molecule is COC(=O)N(C(=O)[C@@H](N)Cc1ccc(-c2ccccc2)cc1)c1ccccc1CC[C@@H]1CNC[C@@H](COc2ccc(C(F)(F)F)cc2)O1. The van der Waals surface area contributed by atoms with Crippen LogP contribution in [0.15, 0.2) is 103 Å². The molecule has 4 aromatic rings. The van der Waals surface area contributed by atoms with E-state index in [2.05, 4.69) is 5.32 Å². The Morgan fingerprint density at radius 1 is 0.896 bits per heavy atom. The number of nitrogens with two attached hydrogens (primary N) is 1. The van der Waals surface area contributed by atoms with Crippen molar-refractivity contribution in [1.82, 2.24) is 5.32 Å². The zero-order valence-electron chi connectivity index (χ0n) is 26.5. The molecule has 1 fully saturated rings. The van der Waals surface area contributed by atoms with Gasteiger partial charge >= 0.3 is 12.3 Å². The predicted octanol–water partition coefficient (Wildman–Crippen LogP) is 6.41. The van der Waals surface area contributed by atoms with Crippen molar-refractivity contribution in [2.24, 2.45) is 5.73 Å². The highest BCUT2D eigenvalue weighted by Crippen LogP contribution is 2.30. The third kappa shape index (κ3) is 9.00. The molecule has 0 aliphatic carbocycles. The number of ether oxygens (including phenoxy) is 3. The molecule has 8 nitrogen and oxygen atoms in total. The number of benzene rings is 4. The highest BCUT2D eigenvalue weighted by molar-refractivity contribution is 6.14. The van der Waals surface area contributed by atoms with Gasteiger partial charge in [-0.2, -0.15) is 13.2 Å². The lowest BCUT2D eigenvalue weighted by atomic mass is 9.99. The van der Waals surface area contributed by atoms with Gasteiger partial charge in [-0.25, -0.2) is 9.69 Å². The molecule has 1 aliphatic heterocycles. The quantitative estimate of drug-likeness (QED) is 0.192. The normalized spacial score (nSPS) is 16.9. The Kier molecular flexibility index (Phi) is 11.5. The Labute approximate surface area is 277 Å². The lowest BCUT2D eigenvalue weighted by Gasteiger charge is -2.31. The summed E-state index contributed by atoms with van der Waals surface area (Å²) in [6, 6.07) is 28.4. The number of amides is 2. The molecule has 3 atom stereocenters. The fourth-order valence-corrected chi connectivity index (χ4v) is 5.60. The summed E-state index contributed by atoms with van der Waals surface area (Å²) < 4.78 is 55.5. The number of para-hydroxylation sites is 1. The van der Waals surface area contributed by atoms with E-state index in [1.54, 1.807) is 12.1 Å². The Hall–Kier alpha value is -4.71. The van der Waals surface area contributed by atoms with Gasteiger partial charge < -0.3 is 25.3 Å². The fourth-order valence-electron chi connectivity index (χ4n) is 5.60. The number of halogens is 3. The number of nitrogens with zero attached hydrogens (tertiary/aromatic N) is 1. The van der Waals surface area contributed by atoms with E-state index < -0.39 is 29.8 Å². The average molecular weight is 662 g/mol. The molecule has 0 bridgehead atoms. The maximum atomic E-state index is 13.7. The van der Waals surface area contributed by atoms with Crippen LogP contribution in [0, 0.1) is 0 Å². The minimum absolute atomic E-state index is 0.156. The monoisotopic (exact) mass is 661 g/mol. The number of aryl methyl sites for hydroxylation is 1. The van der Waals surface area contributed by atoms with E-state index in [1.165, 1.54) is 19.2 Å². The molecule has 0 aromatic heterocycles. The van der Waals surface area contributed by atoms with Gasteiger partial charge in [0.2, 0.25) is 0 Å². The van der Waals surface area contributed by atoms with E-state index in [0.29, 0.717) is 37.4 Å².